The maximum absolute atomic E-state index is 15.2. The lowest BCUT2D eigenvalue weighted by Gasteiger charge is -2.24. The first-order valence-electron chi connectivity index (χ1n) is 13.2. The first-order valence-corrected chi connectivity index (χ1v) is 14.7. The van der Waals surface area contributed by atoms with Gasteiger partial charge in [-0.25, -0.2) is 27.6 Å². The highest BCUT2D eigenvalue weighted by atomic mass is 32.2. The fraction of sp³-hybridized carbons (Fsp3) is 0.333. The van der Waals surface area contributed by atoms with Gasteiger partial charge in [0.1, 0.15) is 27.9 Å². The molecule has 1 atom stereocenters. The van der Waals surface area contributed by atoms with Crippen molar-refractivity contribution in [3.8, 4) is 34.0 Å². The molecule has 1 unspecified atom stereocenters. The lowest BCUT2D eigenvalue weighted by atomic mass is 9.98. The number of alkyl halides is 1. The number of fused-ring (bicyclic) bond motifs is 1. The number of carbonyl (C=O) groups excluding carboxylic acids is 1. The topological polar surface area (TPSA) is 142 Å². The zero-order valence-electron chi connectivity index (χ0n) is 24.2. The second kappa shape index (κ2) is 10.2. The minimum atomic E-state index is -3.81. The molecule has 2 aromatic heterocycles. The molecule has 5 rings (SSSR count). The number of hydrogen-bond donors (Lipinski definition) is 1. The maximum Gasteiger partial charge on any atom is 0.410 e. The van der Waals surface area contributed by atoms with Crippen molar-refractivity contribution in [3.05, 3.63) is 65.9 Å². The zero-order valence-corrected chi connectivity index (χ0v) is 25.0. The molecule has 1 aliphatic heterocycles. The first-order chi connectivity index (χ1) is 19.6. The Morgan fingerprint density at radius 2 is 1.76 bits per heavy atom. The molecule has 42 heavy (non-hydrogen) atoms. The molecule has 3 heterocycles. The van der Waals surface area contributed by atoms with E-state index in [1.165, 1.54) is 37.1 Å². The minimum Gasteiger partial charge on any atom is -0.444 e. The van der Waals surface area contributed by atoms with Gasteiger partial charge in [-0.1, -0.05) is 35.5 Å². The van der Waals surface area contributed by atoms with Gasteiger partial charge in [0, 0.05) is 36.3 Å². The lowest BCUT2D eigenvalue weighted by molar-refractivity contribution is 0.0285. The van der Waals surface area contributed by atoms with E-state index in [0.717, 1.165) is 11.1 Å². The van der Waals surface area contributed by atoms with Crippen molar-refractivity contribution in [2.75, 3.05) is 12.8 Å². The number of rotatable bonds is 5. The van der Waals surface area contributed by atoms with E-state index >= 15 is 4.39 Å². The van der Waals surface area contributed by atoms with Gasteiger partial charge in [0.25, 0.3) is 0 Å². The van der Waals surface area contributed by atoms with Gasteiger partial charge in [0.05, 0.1) is 16.8 Å². The van der Waals surface area contributed by atoms with Crippen molar-refractivity contribution in [2.45, 2.75) is 62.6 Å². The van der Waals surface area contributed by atoms with Crippen LogP contribution in [0.25, 0.3) is 34.0 Å². The average Bonchev–Trinajstić information content (AvgIpc) is 3.46. The Bertz CT molecular complexity index is 1780. The number of halogens is 1. The number of nitrogens with zero attached hydrogens (tertiary/aromatic N) is 4. The third kappa shape index (κ3) is 5.22. The Labute approximate surface area is 243 Å². The SMILES string of the molecule is CN(Cc1ccc(-c2cc(-c3nc(-c4ccc5c(c4)C(F)C(C)(C)S5(=O)=O)cnc3N)no2)cc1)C(=O)OC(C)(C)C. The third-order valence-electron chi connectivity index (χ3n) is 7.09. The van der Waals surface area contributed by atoms with Crippen LogP contribution in [0.15, 0.2) is 64.1 Å². The number of carbonyl (C=O) groups is 1. The summed E-state index contributed by atoms with van der Waals surface area (Å²) in [6.45, 7) is 8.58. The molecule has 0 radical (unpaired) electrons. The van der Waals surface area contributed by atoms with Crippen LogP contribution in [0.2, 0.25) is 0 Å². The first kappa shape index (κ1) is 29.2. The fourth-order valence-electron chi connectivity index (χ4n) is 4.65. The largest absolute Gasteiger partial charge is 0.444 e. The van der Waals surface area contributed by atoms with Gasteiger partial charge in [0.2, 0.25) is 0 Å². The average molecular weight is 594 g/mol. The molecule has 0 spiro atoms. The number of ether oxygens (including phenoxy) is 1. The van der Waals surface area contributed by atoms with Gasteiger partial charge in [0.15, 0.2) is 21.4 Å². The van der Waals surface area contributed by atoms with Crippen molar-refractivity contribution >= 4 is 21.7 Å². The van der Waals surface area contributed by atoms with Gasteiger partial charge < -0.3 is 19.9 Å². The third-order valence-corrected chi connectivity index (χ3v) is 9.63. The second-order valence-corrected chi connectivity index (χ2v) is 14.3. The van der Waals surface area contributed by atoms with Crippen LogP contribution < -0.4 is 5.73 Å². The Hall–Kier alpha value is -4.32. The van der Waals surface area contributed by atoms with Gasteiger partial charge in [-0.3, -0.25) is 0 Å². The second-order valence-electron chi connectivity index (χ2n) is 11.8. The smallest absolute Gasteiger partial charge is 0.410 e. The molecule has 0 aliphatic carbocycles. The van der Waals surface area contributed by atoms with Crippen LogP contribution in [0.1, 0.15) is 51.9 Å². The summed E-state index contributed by atoms with van der Waals surface area (Å²) in [4.78, 5) is 22.6. The number of amides is 1. The Kier molecular flexibility index (Phi) is 7.08. The van der Waals surface area contributed by atoms with Crippen molar-refractivity contribution in [1.82, 2.24) is 20.0 Å². The van der Waals surface area contributed by atoms with E-state index in [0.29, 0.717) is 29.3 Å². The van der Waals surface area contributed by atoms with E-state index in [1.54, 1.807) is 19.2 Å². The molecule has 1 aliphatic rings. The normalized spacial score (nSPS) is 17.1. The highest BCUT2D eigenvalue weighted by Gasteiger charge is 2.52. The zero-order chi connectivity index (χ0) is 30.6. The molecule has 220 valence electrons. The molecule has 0 bridgehead atoms. The summed E-state index contributed by atoms with van der Waals surface area (Å²) in [5.74, 6) is 0.584. The molecule has 12 heteroatoms. The monoisotopic (exact) mass is 593 g/mol. The van der Waals surface area contributed by atoms with Crippen LogP contribution in [-0.4, -0.2) is 51.9 Å². The Balaban J connectivity index is 1.37. The van der Waals surface area contributed by atoms with Crippen molar-refractivity contribution in [2.24, 2.45) is 0 Å². The van der Waals surface area contributed by atoms with Gasteiger partial charge in [-0.15, -0.1) is 0 Å². The maximum atomic E-state index is 15.2. The summed E-state index contributed by atoms with van der Waals surface area (Å²) < 4.78 is 50.1. The van der Waals surface area contributed by atoms with Gasteiger partial charge in [-0.05, 0) is 52.3 Å². The molecule has 4 aromatic rings. The number of anilines is 1. The predicted octanol–water partition coefficient (Wildman–Crippen LogP) is 5.99. The van der Waals surface area contributed by atoms with E-state index in [4.69, 9.17) is 15.0 Å². The number of benzene rings is 2. The molecule has 2 aromatic carbocycles. The summed E-state index contributed by atoms with van der Waals surface area (Å²) in [7, 11) is -2.14. The molecule has 0 fully saturated rings. The molecule has 2 N–H and O–H groups in total. The highest BCUT2D eigenvalue weighted by molar-refractivity contribution is 7.93. The van der Waals surface area contributed by atoms with Crippen LogP contribution in [0, 0.1) is 0 Å². The summed E-state index contributed by atoms with van der Waals surface area (Å²) >= 11 is 0. The Morgan fingerprint density at radius 3 is 2.43 bits per heavy atom. The van der Waals surface area contributed by atoms with Crippen molar-refractivity contribution in [3.63, 3.8) is 0 Å². The fourth-order valence-corrected chi connectivity index (χ4v) is 6.33. The van der Waals surface area contributed by atoms with E-state index in [1.807, 2.05) is 45.0 Å². The highest BCUT2D eigenvalue weighted by Crippen LogP contribution is 2.49. The van der Waals surface area contributed by atoms with Crippen LogP contribution in [0.5, 0.6) is 0 Å². The van der Waals surface area contributed by atoms with E-state index in [-0.39, 0.29) is 22.0 Å². The predicted molar refractivity (Wildman–Crippen MR) is 156 cm³/mol. The van der Waals surface area contributed by atoms with Crippen LogP contribution in [0.3, 0.4) is 0 Å². The summed E-state index contributed by atoms with van der Waals surface area (Å²) in [5.41, 5.74) is 8.77. The molecular weight excluding hydrogens is 561 g/mol. The minimum absolute atomic E-state index is 0.0176. The summed E-state index contributed by atoms with van der Waals surface area (Å²) in [6, 6.07) is 13.6. The van der Waals surface area contributed by atoms with Crippen molar-refractivity contribution in [1.29, 1.82) is 0 Å². The molecule has 0 saturated heterocycles. The standard InChI is InChI=1S/C30H32FN5O5S/c1-29(2,3)40-28(37)36(6)16-17-7-9-18(10-8-17)23-14-21(35-41-23)25-27(32)33-15-22(34-25)19-11-12-24-20(13-19)26(31)30(4,5)42(24,38)39/h7-15,26H,16H2,1-6H3,(H2,32,33). The number of nitrogens with two attached hydrogens (primary N) is 1. The van der Waals surface area contributed by atoms with Gasteiger partial charge in [-0.2, -0.15) is 0 Å². The lowest BCUT2D eigenvalue weighted by Crippen LogP contribution is -2.33. The quantitative estimate of drug-likeness (QED) is 0.295. The summed E-state index contributed by atoms with van der Waals surface area (Å²) in [6.07, 6.45) is -0.650. The van der Waals surface area contributed by atoms with Crippen LogP contribution in [0.4, 0.5) is 15.0 Å². The number of sulfone groups is 1. The number of aromatic nitrogens is 3. The molecule has 0 saturated carbocycles. The van der Waals surface area contributed by atoms with Gasteiger partial charge >= 0.3 is 6.09 Å². The number of hydrogen-bond acceptors (Lipinski definition) is 9. The molecule has 1 amide bonds. The van der Waals surface area contributed by atoms with Crippen molar-refractivity contribution < 1.29 is 26.9 Å². The van der Waals surface area contributed by atoms with Crippen LogP contribution >= 0.6 is 0 Å². The molecular formula is C30H32FN5O5S. The van der Waals surface area contributed by atoms with Crippen LogP contribution in [-0.2, 0) is 21.1 Å². The van der Waals surface area contributed by atoms with E-state index < -0.39 is 32.5 Å². The van der Waals surface area contributed by atoms with E-state index in [9.17, 15) is 13.2 Å². The van der Waals surface area contributed by atoms with E-state index in [2.05, 4.69) is 15.1 Å². The molecule has 10 nitrogen and oxygen atoms in total. The Morgan fingerprint density at radius 1 is 1.10 bits per heavy atom. The summed E-state index contributed by atoms with van der Waals surface area (Å²) in [5, 5.41) is 4.13. The number of nitrogen functional groups attached to an aromatic ring is 1.